The van der Waals surface area contributed by atoms with Crippen LogP contribution in [0, 0.1) is 0 Å². The lowest BCUT2D eigenvalue weighted by molar-refractivity contribution is -0.202. The zero-order valence-corrected chi connectivity index (χ0v) is 13.9. The third kappa shape index (κ3) is 4.13. The van der Waals surface area contributed by atoms with E-state index in [0.29, 0.717) is 6.61 Å². The third-order valence-electron chi connectivity index (χ3n) is 4.88. The number of hydrogen-bond acceptors (Lipinski definition) is 4. The first-order valence-corrected chi connectivity index (χ1v) is 8.88. The molecule has 0 aromatic heterocycles. The van der Waals surface area contributed by atoms with Gasteiger partial charge >= 0.3 is 0 Å². The molecule has 0 amide bonds. The summed E-state index contributed by atoms with van der Waals surface area (Å²) in [5.74, 6) is -0.454. The van der Waals surface area contributed by atoms with E-state index in [1.807, 2.05) is 30.3 Å². The molecule has 1 spiro atoms. The van der Waals surface area contributed by atoms with E-state index in [0.717, 1.165) is 37.7 Å². The van der Waals surface area contributed by atoms with Crippen molar-refractivity contribution < 1.29 is 19.3 Å². The molecule has 2 fully saturated rings. The van der Waals surface area contributed by atoms with Gasteiger partial charge in [0.05, 0.1) is 19.3 Å². The van der Waals surface area contributed by atoms with Crippen molar-refractivity contribution in [1.82, 2.24) is 0 Å². The van der Waals surface area contributed by atoms with E-state index in [-0.39, 0.29) is 18.8 Å². The number of aliphatic hydroxyl groups excluding tert-OH is 1. The van der Waals surface area contributed by atoms with Crippen LogP contribution in [0.4, 0.5) is 0 Å². The van der Waals surface area contributed by atoms with Crippen molar-refractivity contribution in [3.05, 3.63) is 35.9 Å². The second-order valence-electron chi connectivity index (χ2n) is 6.69. The molecule has 1 N–H and O–H groups in total. The van der Waals surface area contributed by atoms with E-state index >= 15 is 0 Å². The molecule has 1 saturated heterocycles. The lowest BCUT2D eigenvalue weighted by Crippen LogP contribution is -2.39. The Morgan fingerprint density at radius 3 is 2.61 bits per heavy atom. The number of rotatable bonds is 6. The van der Waals surface area contributed by atoms with Crippen LogP contribution in [0.15, 0.2) is 30.3 Å². The highest BCUT2D eigenvalue weighted by molar-refractivity contribution is 5.13. The molecule has 1 saturated carbocycles. The van der Waals surface area contributed by atoms with Crippen LogP contribution >= 0.6 is 0 Å². The van der Waals surface area contributed by atoms with Crippen molar-refractivity contribution >= 4 is 0 Å². The van der Waals surface area contributed by atoms with Gasteiger partial charge in [-0.3, -0.25) is 0 Å². The first kappa shape index (κ1) is 16.9. The molecule has 0 radical (unpaired) electrons. The van der Waals surface area contributed by atoms with Gasteiger partial charge in [-0.25, -0.2) is 0 Å². The summed E-state index contributed by atoms with van der Waals surface area (Å²) in [6.45, 7) is 2.86. The molecule has 1 aromatic carbocycles. The van der Waals surface area contributed by atoms with E-state index in [1.165, 1.54) is 6.42 Å². The molecule has 2 aliphatic rings. The first-order chi connectivity index (χ1) is 11.2. The lowest BCUT2D eigenvalue weighted by Gasteiger charge is -2.32. The normalized spacial score (nSPS) is 28.1. The van der Waals surface area contributed by atoms with Gasteiger partial charge in [0, 0.05) is 12.8 Å². The van der Waals surface area contributed by atoms with Gasteiger partial charge in [0.25, 0.3) is 0 Å². The Balaban J connectivity index is 1.52. The molecule has 4 heteroatoms. The highest BCUT2D eigenvalue weighted by atomic mass is 16.8. The summed E-state index contributed by atoms with van der Waals surface area (Å²) >= 11 is 0. The predicted molar refractivity (Wildman–Crippen MR) is 88.0 cm³/mol. The highest BCUT2D eigenvalue weighted by Gasteiger charge is 2.49. The summed E-state index contributed by atoms with van der Waals surface area (Å²) in [4.78, 5) is 0. The second-order valence-corrected chi connectivity index (χ2v) is 6.69. The smallest absolute Gasteiger partial charge is 0.169 e. The molecule has 23 heavy (non-hydrogen) atoms. The van der Waals surface area contributed by atoms with E-state index in [2.05, 4.69) is 6.92 Å². The minimum absolute atomic E-state index is 0.0385. The standard InChI is InChI=1S/C19H28O4/c1-2-17-18(23-19(22-17)11-7-4-8-12-19)16(20)14-21-13-15-9-5-3-6-10-15/h3,5-6,9-10,16-18,20H,2,4,7-8,11-14H2,1H3. The van der Waals surface area contributed by atoms with Crippen LogP contribution in [0.5, 0.6) is 0 Å². The quantitative estimate of drug-likeness (QED) is 0.872. The summed E-state index contributed by atoms with van der Waals surface area (Å²) in [7, 11) is 0. The lowest BCUT2D eigenvalue weighted by atomic mass is 9.94. The molecule has 1 heterocycles. The van der Waals surface area contributed by atoms with Gasteiger partial charge in [-0.05, 0) is 24.8 Å². The van der Waals surface area contributed by atoms with Gasteiger partial charge in [0.1, 0.15) is 12.2 Å². The molecule has 1 aliphatic carbocycles. The van der Waals surface area contributed by atoms with Gasteiger partial charge in [-0.1, -0.05) is 43.7 Å². The van der Waals surface area contributed by atoms with Gasteiger partial charge in [0.2, 0.25) is 0 Å². The molecular weight excluding hydrogens is 292 g/mol. The monoisotopic (exact) mass is 320 g/mol. The average Bonchev–Trinajstić information content (AvgIpc) is 2.95. The van der Waals surface area contributed by atoms with Gasteiger partial charge in [-0.15, -0.1) is 0 Å². The summed E-state index contributed by atoms with van der Waals surface area (Å²) in [6.07, 6.45) is 5.30. The molecular formula is C19H28O4. The van der Waals surface area contributed by atoms with Crippen molar-refractivity contribution in [1.29, 1.82) is 0 Å². The van der Waals surface area contributed by atoms with Crippen LogP contribution in [0.25, 0.3) is 0 Å². The predicted octanol–water partition coefficient (Wildman–Crippen LogP) is 3.42. The van der Waals surface area contributed by atoms with Crippen molar-refractivity contribution in [3.63, 3.8) is 0 Å². The second kappa shape index (κ2) is 7.75. The zero-order chi connectivity index (χ0) is 16.1. The maximum absolute atomic E-state index is 10.5. The molecule has 4 nitrogen and oxygen atoms in total. The molecule has 3 rings (SSSR count). The molecule has 3 atom stereocenters. The fourth-order valence-electron chi connectivity index (χ4n) is 3.63. The Kier molecular flexibility index (Phi) is 5.70. The zero-order valence-electron chi connectivity index (χ0n) is 13.9. The molecule has 1 aliphatic heterocycles. The minimum Gasteiger partial charge on any atom is -0.388 e. The fourth-order valence-corrected chi connectivity index (χ4v) is 3.63. The summed E-state index contributed by atoms with van der Waals surface area (Å²) in [5.41, 5.74) is 1.11. The topological polar surface area (TPSA) is 47.9 Å². The Hall–Kier alpha value is -0.940. The van der Waals surface area contributed by atoms with Crippen LogP contribution in [0.1, 0.15) is 51.0 Å². The van der Waals surface area contributed by atoms with E-state index < -0.39 is 11.9 Å². The first-order valence-electron chi connectivity index (χ1n) is 8.88. The van der Waals surface area contributed by atoms with Gasteiger partial charge in [0.15, 0.2) is 5.79 Å². The van der Waals surface area contributed by atoms with Crippen LogP contribution in [0.3, 0.4) is 0 Å². The summed E-state index contributed by atoms with van der Waals surface area (Å²) in [6, 6.07) is 10.0. The Labute approximate surface area is 138 Å². The van der Waals surface area contributed by atoms with Crippen LogP contribution < -0.4 is 0 Å². The average molecular weight is 320 g/mol. The Morgan fingerprint density at radius 2 is 1.91 bits per heavy atom. The number of benzene rings is 1. The molecule has 1 aromatic rings. The molecule has 3 unspecified atom stereocenters. The van der Waals surface area contributed by atoms with Crippen molar-refractivity contribution in [2.75, 3.05) is 6.61 Å². The number of ether oxygens (including phenoxy) is 3. The van der Waals surface area contributed by atoms with E-state index in [1.54, 1.807) is 0 Å². The van der Waals surface area contributed by atoms with E-state index in [9.17, 15) is 5.11 Å². The van der Waals surface area contributed by atoms with E-state index in [4.69, 9.17) is 14.2 Å². The summed E-state index contributed by atoms with van der Waals surface area (Å²) < 4.78 is 18.1. The van der Waals surface area contributed by atoms with Crippen LogP contribution in [-0.4, -0.2) is 35.8 Å². The maximum atomic E-state index is 10.5. The fraction of sp³-hybridized carbons (Fsp3) is 0.684. The third-order valence-corrected chi connectivity index (χ3v) is 4.88. The van der Waals surface area contributed by atoms with Crippen molar-refractivity contribution in [3.8, 4) is 0 Å². The largest absolute Gasteiger partial charge is 0.388 e. The Morgan fingerprint density at radius 1 is 1.17 bits per heavy atom. The number of aliphatic hydroxyl groups is 1. The SMILES string of the molecule is CCC1OC2(CCCCC2)OC1C(O)COCc1ccccc1. The van der Waals surface area contributed by atoms with Crippen LogP contribution in [-0.2, 0) is 20.8 Å². The van der Waals surface area contributed by atoms with Crippen molar-refractivity contribution in [2.45, 2.75) is 76.2 Å². The molecule has 0 bridgehead atoms. The van der Waals surface area contributed by atoms with Gasteiger partial charge in [-0.2, -0.15) is 0 Å². The highest BCUT2D eigenvalue weighted by Crippen LogP contribution is 2.42. The number of hydrogen-bond donors (Lipinski definition) is 1. The Bertz CT molecular complexity index is 470. The maximum Gasteiger partial charge on any atom is 0.169 e. The molecule has 128 valence electrons. The van der Waals surface area contributed by atoms with Crippen LogP contribution in [0.2, 0.25) is 0 Å². The van der Waals surface area contributed by atoms with Gasteiger partial charge < -0.3 is 19.3 Å². The summed E-state index contributed by atoms with van der Waals surface area (Å²) in [5, 5.41) is 10.5. The van der Waals surface area contributed by atoms with Crippen molar-refractivity contribution in [2.24, 2.45) is 0 Å². The minimum atomic E-state index is -0.648.